The minimum Gasteiger partial charge on any atom is -0.314 e. The predicted molar refractivity (Wildman–Crippen MR) is 82.3 cm³/mol. The Morgan fingerprint density at radius 1 is 1.25 bits per heavy atom. The summed E-state index contributed by atoms with van der Waals surface area (Å²) in [4.78, 5) is 0. The lowest BCUT2D eigenvalue weighted by Gasteiger charge is -2.25. The Morgan fingerprint density at radius 2 is 2.05 bits per heavy atom. The molecular weight excluding hydrogens is 251 g/mol. The van der Waals surface area contributed by atoms with Crippen molar-refractivity contribution in [3.05, 3.63) is 35.6 Å². The predicted octanol–water partition coefficient (Wildman–Crippen LogP) is 3.79. The van der Waals surface area contributed by atoms with Crippen LogP contribution in [0.15, 0.2) is 24.3 Å². The van der Waals surface area contributed by atoms with Gasteiger partial charge in [-0.05, 0) is 45.7 Å². The smallest absolute Gasteiger partial charge is 0.127 e. The molecule has 2 nitrogen and oxygen atoms in total. The molecule has 1 fully saturated rings. The lowest BCUT2D eigenvalue weighted by molar-refractivity contribution is 0.376. The van der Waals surface area contributed by atoms with Gasteiger partial charge in [-0.1, -0.05) is 31.0 Å². The highest BCUT2D eigenvalue weighted by atomic mass is 19.1. The fourth-order valence-electron chi connectivity index (χ4n) is 3.14. The van der Waals surface area contributed by atoms with E-state index in [2.05, 4.69) is 17.6 Å². The maximum atomic E-state index is 13.8. The van der Waals surface area contributed by atoms with E-state index in [1.165, 1.54) is 31.7 Å². The highest BCUT2D eigenvalue weighted by Gasteiger charge is 2.17. The van der Waals surface area contributed by atoms with Crippen LogP contribution in [0.3, 0.4) is 0 Å². The van der Waals surface area contributed by atoms with Crippen molar-refractivity contribution < 1.29 is 4.39 Å². The minimum atomic E-state index is -0.118. The molecule has 1 aromatic rings. The Morgan fingerprint density at radius 3 is 2.85 bits per heavy atom. The molecule has 1 aliphatic rings. The van der Waals surface area contributed by atoms with Gasteiger partial charge in [-0.25, -0.2) is 4.39 Å². The van der Waals surface area contributed by atoms with Crippen LogP contribution >= 0.6 is 0 Å². The third-order valence-electron chi connectivity index (χ3n) is 4.21. The van der Waals surface area contributed by atoms with E-state index >= 15 is 0 Å². The monoisotopic (exact) mass is 278 g/mol. The van der Waals surface area contributed by atoms with Crippen LogP contribution in [0.25, 0.3) is 0 Å². The molecule has 0 aromatic heterocycles. The average Bonchev–Trinajstić information content (AvgIpc) is 2.67. The topological polar surface area (TPSA) is 24.1 Å². The lowest BCUT2D eigenvalue weighted by atomic mass is 10.0. The average molecular weight is 278 g/mol. The van der Waals surface area contributed by atoms with Gasteiger partial charge in [-0.3, -0.25) is 0 Å². The molecule has 1 heterocycles. The number of hydrogen-bond donors (Lipinski definition) is 2. The normalized spacial score (nSPS) is 23.1. The van der Waals surface area contributed by atoms with E-state index in [0.29, 0.717) is 12.1 Å². The first-order valence-corrected chi connectivity index (χ1v) is 7.90. The van der Waals surface area contributed by atoms with E-state index in [0.717, 1.165) is 18.5 Å². The van der Waals surface area contributed by atoms with E-state index in [1.54, 1.807) is 6.07 Å². The molecule has 20 heavy (non-hydrogen) atoms. The Labute approximate surface area is 122 Å². The molecule has 0 spiro atoms. The zero-order valence-corrected chi connectivity index (χ0v) is 12.7. The summed E-state index contributed by atoms with van der Waals surface area (Å²) in [5.74, 6) is -0.118. The number of rotatable bonds is 5. The maximum absolute atomic E-state index is 13.8. The first-order chi connectivity index (χ1) is 9.66. The third kappa shape index (κ3) is 4.57. The zero-order chi connectivity index (χ0) is 14.4. The second-order valence-corrected chi connectivity index (χ2v) is 6.05. The van der Waals surface area contributed by atoms with Crippen LogP contribution in [-0.2, 0) is 0 Å². The maximum Gasteiger partial charge on any atom is 0.127 e. The molecular formula is C17H27FN2. The fraction of sp³-hybridized carbons (Fsp3) is 0.647. The number of nitrogens with one attached hydrogen (secondary N) is 2. The van der Waals surface area contributed by atoms with E-state index in [9.17, 15) is 4.39 Å². The van der Waals surface area contributed by atoms with Crippen LogP contribution in [0, 0.1) is 5.82 Å². The molecule has 1 aromatic carbocycles. The van der Waals surface area contributed by atoms with E-state index in [4.69, 9.17) is 0 Å². The Bertz CT molecular complexity index is 400. The second kappa shape index (κ2) is 7.75. The molecule has 2 unspecified atom stereocenters. The second-order valence-electron chi connectivity index (χ2n) is 6.05. The summed E-state index contributed by atoms with van der Waals surface area (Å²) in [6, 6.07) is 8.08. The molecule has 0 saturated carbocycles. The summed E-state index contributed by atoms with van der Waals surface area (Å²) in [6.45, 7) is 5.37. The van der Waals surface area contributed by atoms with Crippen LogP contribution < -0.4 is 10.6 Å². The van der Waals surface area contributed by atoms with Crippen molar-refractivity contribution in [2.24, 2.45) is 0 Å². The number of hydrogen-bond acceptors (Lipinski definition) is 2. The molecule has 2 N–H and O–H groups in total. The van der Waals surface area contributed by atoms with Crippen LogP contribution in [0.1, 0.15) is 57.6 Å². The Kier molecular flexibility index (Phi) is 5.99. The summed E-state index contributed by atoms with van der Waals surface area (Å²) < 4.78 is 13.8. The van der Waals surface area contributed by atoms with Gasteiger partial charge in [0.15, 0.2) is 0 Å². The quantitative estimate of drug-likeness (QED) is 0.856. The van der Waals surface area contributed by atoms with E-state index < -0.39 is 0 Å². The van der Waals surface area contributed by atoms with E-state index in [-0.39, 0.29) is 11.9 Å². The zero-order valence-electron chi connectivity index (χ0n) is 12.7. The number of halogens is 1. The van der Waals surface area contributed by atoms with Crippen LogP contribution in [0.5, 0.6) is 0 Å². The molecule has 0 bridgehead atoms. The molecule has 0 aliphatic carbocycles. The van der Waals surface area contributed by atoms with Gasteiger partial charge < -0.3 is 10.6 Å². The van der Waals surface area contributed by atoms with Crippen LogP contribution in [0.2, 0.25) is 0 Å². The van der Waals surface area contributed by atoms with Crippen molar-refractivity contribution in [3.63, 3.8) is 0 Å². The minimum absolute atomic E-state index is 0.0528. The van der Waals surface area contributed by atoms with Crippen LogP contribution in [-0.4, -0.2) is 18.6 Å². The van der Waals surface area contributed by atoms with Crippen molar-refractivity contribution >= 4 is 0 Å². The summed E-state index contributed by atoms with van der Waals surface area (Å²) >= 11 is 0. The Balaban J connectivity index is 1.84. The molecule has 112 valence electrons. The van der Waals surface area contributed by atoms with Gasteiger partial charge in [0.05, 0.1) is 0 Å². The standard InChI is InChI=1S/C17H27FN2/c1-13(12-15-8-4-3-7-11-19-15)20-14(2)16-9-5-6-10-17(16)18/h5-6,9-10,13-15,19-20H,3-4,7-8,11-12H2,1-2H3/t13?,14-,15?/m1/s1. The van der Waals surface area contributed by atoms with Gasteiger partial charge in [0.2, 0.25) is 0 Å². The van der Waals surface area contributed by atoms with Crippen molar-refractivity contribution in [3.8, 4) is 0 Å². The first-order valence-electron chi connectivity index (χ1n) is 7.90. The summed E-state index contributed by atoms with van der Waals surface area (Å²) in [5, 5.41) is 7.15. The molecule has 1 saturated heterocycles. The van der Waals surface area contributed by atoms with Crippen molar-refractivity contribution in [2.75, 3.05) is 6.54 Å². The fourth-order valence-corrected chi connectivity index (χ4v) is 3.14. The highest BCUT2D eigenvalue weighted by Crippen LogP contribution is 2.18. The molecule has 3 heteroatoms. The van der Waals surface area contributed by atoms with Gasteiger partial charge in [-0.2, -0.15) is 0 Å². The van der Waals surface area contributed by atoms with Crippen LogP contribution in [0.4, 0.5) is 4.39 Å². The summed E-state index contributed by atoms with van der Waals surface area (Å²) in [7, 11) is 0. The third-order valence-corrected chi connectivity index (χ3v) is 4.21. The highest BCUT2D eigenvalue weighted by molar-refractivity contribution is 5.20. The molecule has 3 atom stereocenters. The SMILES string of the molecule is CC(CC1CCCCCN1)N[C@H](C)c1ccccc1F. The first kappa shape index (κ1) is 15.5. The lowest BCUT2D eigenvalue weighted by Crippen LogP contribution is -2.37. The largest absolute Gasteiger partial charge is 0.314 e. The van der Waals surface area contributed by atoms with Crippen molar-refractivity contribution in [1.82, 2.24) is 10.6 Å². The summed E-state index contributed by atoms with van der Waals surface area (Å²) in [6.07, 6.45) is 6.34. The number of benzene rings is 1. The molecule has 1 aliphatic heterocycles. The van der Waals surface area contributed by atoms with Crippen molar-refractivity contribution in [1.29, 1.82) is 0 Å². The van der Waals surface area contributed by atoms with Gasteiger partial charge in [-0.15, -0.1) is 0 Å². The van der Waals surface area contributed by atoms with E-state index in [1.807, 2.05) is 19.1 Å². The molecule has 2 rings (SSSR count). The van der Waals surface area contributed by atoms with Gasteiger partial charge in [0.1, 0.15) is 5.82 Å². The Hall–Kier alpha value is -0.930. The summed E-state index contributed by atoms with van der Waals surface area (Å²) in [5.41, 5.74) is 0.758. The van der Waals surface area contributed by atoms with Gasteiger partial charge in [0, 0.05) is 23.7 Å². The molecule has 0 radical (unpaired) electrons. The molecule has 0 amide bonds. The van der Waals surface area contributed by atoms with Gasteiger partial charge >= 0.3 is 0 Å². The van der Waals surface area contributed by atoms with Crippen molar-refractivity contribution in [2.45, 2.75) is 64.1 Å². The van der Waals surface area contributed by atoms with Gasteiger partial charge in [0.25, 0.3) is 0 Å².